The SMILES string of the molecule is COC(=O)[C@@H](C#N)[C@](C#N)(C(=O)OC)[C@@H]1CCCCCCC1=O. The van der Waals surface area contributed by atoms with Crippen LogP contribution in [0.15, 0.2) is 0 Å². The highest BCUT2D eigenvalue weighted by Gasteiger charge is 2.59. The van der Waals surface area contributed by atoms with Crippen LogP contribution in [0.1, 0.15) is 38.5 Å². The zero-order valence-corrected chi connectivity index (χ0v) is 13.3. The highest BCUT2D eigenvalue weighted by atomic mass is 16.5. The molecule has 23 heavy (non-hydrogen) atoms. The molecule has 3 atom stereocenters. The lowest BCUT2D eigenvalue weighted by Gasteiger charge is -2.34. The Kier molecular flexibility index (Phi) is 6.71. The van der Waals surface area contributed by atoms with E-state index in [9.17, 15) is 24.9 Å². The van der Waals surface area contributed by atoms with Crippen molar-refractivity contribution in [3.63, 3.8) is 0 Å². The summed E-state index contributed by atoms with van der Waals surface area (Å²) < 4.78 is 9.24. The Morgan fingerprint density at radius 1 is 1.17 bits per heavy atom. The highest BCUT2D eigenvalue weighted by Crippen LogP contribution is 2.42. The molecule has 0 radical (unpaired) electrons. The predicted molar refractivity (Wildman–Crippen MR) is 77.4 cm³/mol. The molecule has 0 aromatic rings. The van der Waals surface area contributed by atoms with Gasteiger partial charge in [0.15, 0.2) is 11.3 Å². The zero-order chi connectivity index (χ0) is 17.5. The van der Waals surface area contributed by atoms with Gasteiger partial charge in [0.05, 0.1) is 26.4 Å². The fourth-order valence-electron chi connectivity index (χ4n) is 3.09. The fourth-order valence-corrected chi connectivity index (χ4v) is 3.09. The Bertz CT molecular complexity index is 560. The number of hydrogen-bond donors (Lipinski definition) is 0. The van der Waals surface area contributed by atoms with Crippen LogP contribution < -0.4 is 0 Å². The first-order chi connectivity index (χ1) is 11.0. The fraction of sp³-hybridized carbons (Fsp3) is 0.688. The Morgan fingerprint density at radius 3 is 2.35 bits per heavy atom. The Morgan fingerprint density at radius 2 is 1.83 bits per heavy atom. The minimum absolute atomic E-state index is 0.213. The summed E-state index contributed by atoms with van der Waals surface area (Å²) in [5.41, 5.74) is -2.18. The van der Waals surface area contributed by atoms with Gasteiger partial charge in [-0.1, -0.05) is 19.3 Å². The van der Waals surface area contributed by atoms with Crippen LogP contribution in [0, 0.1) is 39.9 Å². The summed E-state index contributed by atoms with van der Waals surface area (Å²) in [6.07, 6.45) is 3.53. The molecule has 0 heterocycles. The molecule has 0 aromatic heterocycles. The van der Waals surface area contributed by atoms with Gasteiger partial charge in [-0.2, -0.15) is 10.5 Å². The van der Waals surface area contributed by atoms with E-state index in [1.165, 1.54) is 0 Å². The van der Waals surface area contributed by atoms with Crippen LogP contribution in [0.2, 0.25) is 0 Å². The number of carbonyl (C=O) groups is 3. The van der Waals surface area contributed by atoms with Crippen molar-refractivity contribution in [3.05, 3.63) is 0 Å². The van der Waals surface area contributed by atoms with Crippen molar-refractivity contribution in [1.82, 2.24) is 0 Å². The lowest BCUT2D eigenvalue weighted by molar-refractivity contribution is -0.165. The van der Waals surface area contributed by atoms with E-state index in [1.54, 1.807) is 12.1 Å². The second-order valence-corrected chi connectivity index (χ2v) is 5.53. The lowest BCUT2D eigenvalue weighted by Crippen LogP contribution is -2.50. The maximum atomic E-state index is 12.5. The van der Waals surface area contributed by atoms with Gasteiger partial charge in [-0.05, 0) is 12.8 Å². The molecular weight excluding hydrogens is 300 g/mol. The molecule has 0 bridgehead atoms. The van der Waals surface area contributed by atoms with Crippen molar-refractivity contribution >= 4 is 17.7 Å². The lowest BCUT2D eigenvalue weighted by atomic mass is 9.63. The van der Waals surface area contributed by atoms with Crippen LogP contribution in [-0.2, 0) is 23.9 Å². The van der Waals surface area contributed by atoms with E-state index in [0.29, 0.717) is 12.8 Å². The molecular formula is C16H20N2O5. The third kappa shape index (κ3) is 3.50. The van der Waals surface area contributed by atoms with Crippen molar-refractivity contribution in [2.45, 2.75) is 38.5 Å². The summed E-state index contributed by atoms with van der Waals surface area (Å²) in [4.78, 5) is 36.8. The third-order valence-electron chi connectivity index (χ3n) is 4.33. The van der Waals surface area contributed by atoms with Crippen molar-refractivity contribution in [3.8, 4) is 12.1 Å². The molecule has 0 N–H and O–H groups in total. The molecule has 0 amide bonds. The van der Waals surface area contributed by atoms with E-state index in [2.05, 4.69) is 9.47 Å². The summed E-state index contributed by atoms with van der Waals surface area (Å²) in [5, 5.41) is 19.1. The van der Waals surface area contributed by atoms with Crippen LogP contribution in [-0.4, -0.2) is 31.9 Å². The number of carbonyl (C=O) groups excluding carboxylic acids is 3. The molecule has 1 aliphatic carbocycles. The van der Waals surface area contributed by atoms with Gasteiger partial charge in [0.2, 0.25) is 0 Å². The van der Waals surface area contributed by atoms with Crippen LogP contribution in [0.3, 0.4) is 0 Å². The average molecular weight is 320 g/mol. The van der Waals surface area contributed by atoms with E-state index < -0.39 is 29.2 Å². The van der Waals surface area contributed by atoms with Crippen LogP contribution in [0.25, 0.3) is 0 Å². The maximum Gasteiger partial charge on any atom is 0.328 e. The number of esters is 2. The number of ketones is 1. The molecule has 0 aromatic carbocycles. The molecule has 1 aliphatic rings. The number of nitrogens with zero attached hydrogens (tertiary/aromatic N) is 2. The zero-order valence-electron chi connectivity index (χ0n) is 13.3. The van der Waals surface area contributed by atoms with E-state index in [1.807, 2.05) is 0 Å². The number of ether oxygens (including phenoxy) is 2. The Labute approximate surface area is 135 Å². The molecule has 0 spiro atoms. The average Bonchev–Trinajstić information content (AvgIpc) is 2.55. The van der Waals surface area contributed by atoms with Crippen LogP contribution in [0.5, 0.6) is 0 Å². The van der Waals surface area contributed by atoms with Crippen molar-refractivity contribution in [2.24, 2.45) is 17.3 Å². The van der Waals surface area contributed by atoms with Gasteiger partial charge in [0, 0.05) is 12.3 Å². The van der Waals surface area contributed by atoms with Gasteiger partial charge >= 0.3 is 11.9 Å². The molecule has 0 unspecified atom stereocenters. The number of hydrogen-bond acceptors (Lipinski definition) is 7. The molecule has 7 heteroatoms. The third-order valence-corrected chi connectivity index (χ3v) is 4.33. The minimum atomic E-state index is -2.18. The Balaban J connectivity index is 3.46. The predicted octanol–water partition coefficient (Wildman–Crippen LogP) is 1.52. The molecule has 1 rings (SSSR count). The molecule has 7 nitrogen and oxygen atoms in total. The van der Waals surface area contributed by atoms with Crippen molar-refractivity contribution < 1.29 is 23.9 Å². The van der Waals surface area contributed by atoms with E-state index in [0.717, 1.165) is 27.1 Å². The van der Waals surface area contributed by atoms with Gasteiger partial charge in [-0.15, -0.1) is 0 Å². The molecule has 1 saturated carbocycles. The standard InChI is InChI=1S/C16H20N2O5/c1-22-14(20)12(9-17)16(10-18,15(21)23-2)11-7-5-3-4-6-8-13(11)19/h11-12H,3-8H2,1-2H3/t11-,12-,16-/m1/s1. The van der Waals surface area contributed by atoms with Gasteiger partial charge < -0.3 is 9.47 Å². The normalized spacial score (nSPS) is 22.3. The molecule has 1 fully saturated rings. The first-order valence-electron chi connectivity index (χ1n) is 7.49. The summed E-state index contributed by atoms with van der Waals surface area (Å²) >= 11 is 0. The number of methoxy groups -OCH3 is 2. The molecule has 124 valence electrons. The van der Waals surface area contributed by atoms with Gasteiger partial charge in [0.1, 0.15) is 5.78 Å². The summed E-state index contributed by atoms with van der Waals surface area (Å²) in [6.45, 7) is 0. The number of nitriles is 2. The smallest absolute Gasteiger partial charge is 0.328 e. The van der Waals surface area contributed by atoms with E-state index >= 15 is 0 Å². The van der Waals surface area contributed by atoms with Crippen LogP contribution in [0.4, 0.5) is 0 Å². The largest absolute Gasteiger partial charge is 0.468 e. The summed E-state index contributed by atoms with van der Waals surface area (Å²) in [7, 11) is 2.12. The van der Waals surface area contributed by atoms with Crippen molar-refractivity contribution in [1.29, 1.82) is 10.5 Å². The number of rotatable bonds is 4. The Hall–Kier alpha value is -2.41. The van der Waals surface area contributed by atoms with Crippen LogP contribution >= 0.6 is 0 Å². The second kappa shape index (κ2) is 8.28. The van der Waals surface area contributed by atoms with E-state index in [4.69, 9.17) is 0 Å². The topological polar surface area (TPSA) is 117 Å². The number of Topliss-reactive ketones (excluding diaryl/α,β-unsaturated/α-hetero) is 1. The first-order valence-corrected chi connectivity index (χ1v) is 7.49. The van der Waals surface area contributed by atoms with Gasteiger partial charge in [0.25, 0.3) is 0 Å². The maximum absolute atomic E-state index is 12.5. The summed E-state index contributed by atoms with van der Waals surface area (Å²) in [5.74, 6) is -5.12. The van der Waals surface area contributed by atoms with Crippen molar-refractivity contribution in [2.75, 3.05) is 14.2 Å². The molecule has 0 saturated heterocycles. The second-order valence-electron chi connectivity index (χ2n) is 5.53. The van der Waals surface area contributed by atoms with E-state index in [-0.39, 0.29) is 18.6 Å². The molecule has 0 aliphatic heterocycles. The minimum Gasteiger partial charge on any atom is -0.468 e. The quantitative estimate of drug-likeness (QED) is 0.721. The monoisotopic (exact) mass is 320 g/mol. The first kappa shape index (κ1) is 18.6. The van der Waals surface area contributed by atoms with Gasteiger partial charge in [-0.3, -0.25) is 14.4 Å². The summed E-state index contributed by atoms with van der Waals surface area (Å²) in [6, 6.07) is 3.43. The highest BCUT2D eigenvalue weighted by molar-refractivity contribution is 5.96. The van der Waals surface area contributed by atoms with Gasteiger partial charge in [-0.25, -0.2) is 0 Å².